The molecule has 0 N–H and O–H groups in total. The van der Waals surface area contributed by atoms with Crippen molar-refractivity contribution in [1.29, 1.82) is 0 Å². The Morgan fingerprint density at radius 2 is 2.03 bits per heavy atom. The van der Waals surface area contributed by atoms with Crippen LogP contribution in [-0.4, -0.2) is 51.8 Å². The number of ether oxygens (including phenoxy) is 5. The van der Waals surface area contributed by atoms with Gasteiger partial charge < -0.3 is 28.1 Å². The Balaban J connectivity index is 1.77. The van der Waals surface area contributed by atoms with Crippen LogP contribution in [0.25, 0.3) is 11.0 Å². The minimum Gasteiger partial charge on any atom is -0.478 e. The fourth-order valence-electron chi connectivity index (χ4n) is 3.40. The van der Waals surface area contributed by atoms with Crippen LogP contribution in [-0.2, 0) is 41.4 Å². The number of esters is 2. The Morgan fingerprint density at radius 1 is 1.17 bits per heavy atom. The van der Waals surface area contributed by atoms with Gasteiger partial charge in [0.2, 0.25) is 0 Å². The van der Waals surface area contributed by atoms with Gasteiger partial charge in [0.05, 0.1) is 20.3 Å². The SMILES string of the molecule is COC(=O)COc1cccc2c(CCOC3CCCCO3)c(CCOC(C)=O)oc12. The van der Waals surface area contributed by atoms with Crippen molar-refractivity contribution < 1.29 is 37.7 Å². The number of carbonyl (C=O) groups excluding carboxylic acids is 2. The predicted octanol–water partition coefficient (Wildman–Crippen LogP) is 3.18. The monoisotopic (exact) mass is 420 g/mol. The van der Waals surface area contributed by atoms with Gasteiger partial charge in [0, 0.05) is 30.9 Å². The second-order valence-electron chi connectivity index (χ2n) is 7.01. The summed E-state index contributed by atoms with van der Waals surface area (Å²) < 4.78 is 32.9. The predicted molar refractivity (Wildman–Crippen MR) is 107 cm³/mol. The standard InChI is InChI=1S/C22H28O8/c1-15(23)26-13-10-18-16(9-12-28-21-8-3-4-11-27-21)17-6-5-7-19(22(17)30-18)29-14-20(24)25-2/h5-7,21H,3-4,8-14H2,1-2H3. The van der Waals surface area contributed by atoms with Crippen LogP contribution < -0.4 is 4.74 Å². The highest BCUT2D eigenvalue weighted by atomic mass is 16.7. The summed E-state index contributed by atoms with van der Waals surface area (Å²) in [6, 6.07) is 5.52. The third kappa shape index (κ3) is 5.96. The summed E-state index contributed by atoms with van der Waals surface area (Å²) in [5.41, 5.74) is 1.51. The van der Waals surface area contributed by atoms with Gasteiger partial charge in [-0.3, -0.25) is 4.79 Å². The highest BCUT2D eigenvalue weighted by Gasteiger charge is 2.20. The molecule has 1 saturated heterocycles. The lowest BCUT2D eigenvalue weighted by atomic mass is 10.1. The van der Waals surface area contributed by atoms with E-state index in [1.54, 1.807) is 6.07 Å². The molecule has 0 spiro atoms. The van der Waals surface area contributed by atoms with Crippen LogP contribution >= 0.6 is 0 Å². The number of benzene rings is 1. The smallest absolute Gasteiger partial charge is 0.343 e. The van der Waals surface area contributed by atoms with Gasteiger partial charge in [-0.25, -0.2) is 4.79 Å². The molecule has 8 nitrogen and oxygen atoms in total. The van der Waals surface area contributed by atoms with E-state index in [1.165, 1.54) is 14.0 Å². The number of methoxy groups -OCH3 is 1. The van der Waals surface area contributed by atoms with Gasteiger partial charge in [-0.15, -0.1) is 0 Å². The van der Waals surface area contributed by atoms with Crippen molar-refractivity contribution in [2.24, 2.45) is 0 Å². The molecule has 1 aliphatic rings. The molecular formula is C22H28O8. The first-order valence-corrected chi connectivity index (χ1v) is 10.2. The molecule has 2 aromatic rings. The van der Waals surface area contributed by atoms with Gasteiger partial charge in [0.25, 0.3) is 0 Å². The van der Waals surface area contributed by atoms with E-state index in [0.29, 0.717) is 36.5 Å². The number of furan rings is 1. The zero-order valence-electron chi connectivity index (χ0n) is 17.4. The minimum atomic E-state index is -0.477. The number of carbonyl (C=O) groups is 2. The summed E-state index contributed by atoms with van der Waals surface area (Å²) in [7, 11) is 1.31. The van der Waals surface area contributed by atoms with Crippen molar-refractivity contribution in [2.45, 2.75) is 45.3 Å². The summed E-state index contributed by atoms with van der Waals surface area (Å²) in [6.07, 6.45) is 3.95. The molecule has 8 heteroatoms. The normalized spacial score (nSPS) is 16.4. The van der Waals surface area contributed by atoms with E-state index in [0.717, 1.165) is 36.8 Å². The van der Waals surface area contributed by atoms with E-state index in [-0.39, 0.29) is 25.5 Å². The largest absolute Gasteiger partial charge is 0.478 e. The maximum atomic E-state index is 11.4. The lowest BCUT2D eigenvalue weighted by Gasteiger charge is -2.22. The van der Waals surface area contributed by atoms with Crippen molar-refractivity contribution in [3.8, 4) is 5.75 Å². The molecule has 1 aliphatic heterocycles. The maximum absolute atomic E-state index is 11.4. The summed E-state index contributed by atoms with van der Waals surface area (Å²) in [5, 5.41) is 0.878. The fraction of sp³-hybridized carbons (Fsp3) is 0.545. The molecule has 1 unspecified atom stereocenters. The van der Waals surface area contributed by atoms with E-state index >= 15 is 0 Å². The van der Waals surface area contributed by atoms with Crippen molar-refractivity contribution in [3.63, 3.8) is 0 Å². The van der Waals surface area contributed by atoms with E-state index in [2.05, 4.69) is 4.74 Å². The Labute approximate surface area is 175 Å². The van der Waals surface area contributed by atoms with Gasteiger partial charge in [0.1, 0.15) is 5.76 Å². The van der Waals surface area contributed by atoms with Crippen molar-refractivity contribution in [1.82, 2.24) is 0 Å². The van der Waals surface area contributed by atoms with Gasteiger partial charge in [-0.05, 0) is 31.7 Å². The fourth-order valence-corrected chi connectivity index (χ4v) is 3.40. The average molecular weight is 420 g/mol. The Hall–Kier alpha value is -2.58. The molecule has 3 rings (SSSR count). The minimum absolute atomic E-state index is 0.166. The highest BCUT2D eigenvalue weighted by Crippen LogP contribution is 2.34. The molecule has 0 bridgehead atoms. The third-order valence-corrected chi connectivity index (χ3v) is 4.87. The molecule has 0 amide bonds. The van der Waals surface area contributed by atoms with E-state index in [9.17, 15) is 9.59 Å². The Morgan fingerprint density at radius 3 is 2.77 bits per heavy atom. The maximum Gasteiger partial charge on any atom is 0.343 e. The summed E-state index contributed by atoms with van der Waals surface area (Å²) >= 11 is 0. The lowest BCUT2D eigenvalue weighted by molar-refractivity contribution is -0.161. The van der Waals surface area contributed by atoms with Gasteiger partial charge in [-0.2, -0.15) is 0 Å². The van der Waals surface area contributed by atoms with E-state index in [4.69, 9.17) is 23.4 Å². The highest BCUT2D eigenvalue weighted by molar-refractivity contribution is 5.87. The van der Waals surface area contributed by atoms with E-state index in [1.807, 2.05) is 12.1 Å². The molecule has 0 aliphatic carbocycles. The van der Waals surface area contributed by atoms with E-state index < -0.39 is 5.97 Å². The lowest BCUT2D eigenvalue weighted by Crippen LogP contribution is -2.23. The van der Waals surface area contributed by atoms with Crippen LogP contribution in [0.2, 0.25) is 0 Å². The number of para-hydroxylation sites is 1. The van der Waals surface area contributed by atoms with Gasteiger partial charge >= 0.3 is 11.9 Å². The molecule has 164 valence electrons. The molecule has 1 atom stereocenters. The Kier molecular flexibility index (Phi) is 8.10. The second-order valence-corrected chi connectivity index (χ2v) is 7.01. The van der Waals surface area contributed by atoms with Gasteiger partial charge in [-0.1, -0.05) is 12.1 Å². The molecule has 2 heterocycles. The summed E-state index contributed by atoms with van der Waals surface area (Å²) in [4.78, 5) is 22.6. The summed E-state index contributed by atoms with van der Waals surface area (Å²) in [5.74, 6) is 0.338. The molecule has 1 aromatic heterocycles. The first-order valence-electron chi connectivity index (χ1n) is 10.2. The molecule has 1 aromatic carbocycles. The topological polar surface area (TPSA) is 93.4 Å². The molecule has 30 heavy (non-hydrogen) atoms. The zero-order valence-corrected chi connectivity index (χ0v) is 17.4. The first-order chi connectivity index (χ1) is 14.6. The average Bonchev–Trinajstić information content (AvgIpc) is 3.10. The first kappa shape index (κ1) is 22.1. The van der Waals surface area contributed by atoms with Crippen molar-refractivity contribution in [2.75, 3.05) is 33.5 Å². The molecule has 0 saturated carbocycles. The number of hydrogen-bond donors (Lipinski definition) is 0. The van der Waals surface area contributed by atoms with Crippen molar-refractivity contribution >= 4 is 22.9 Å². The zero-order chi connectivity index (χ0) is 21.3. The quantitative estimate of drug-likeness (QED) is 0.541. The van der Waals surface area contributed by atoms with Crippen LogP contribution in [0.5, 0.6) is 5.75 Å². The van der Waals surface area contributed by atoms with Crippen LogP contribution in [0.15, 0.2) is 22.6 Å². The molecular weight excluding hydrogens is 392 g/mol. The van der Waals surface area contributed by atoms with Gasteiger partial charge in [0.15, 0.2) is 24.2 Å². The number of fused-ring (bicyclic) bond motifs is 1. The Bertz CT molecular complexity index is 850. The number of hydrogen-bond acceptors (Lipinski definition) is 8. The molecule has 1 fully saturated rings. The van der Waals surface area contributed by atoms with Crippen molar-refractivity contribution in [3.05, 3.63) is 29.5 Å². The van der Waals surface area contributed by atoms with Crippen LogP contribution in [0.4, 0.5) is 0 Å². The van der Waals surface area contributed by atoms with Crippen LogP contribution in [0, 0.1) is 0 Å². The molecule has 0 radical (unpaired) electrons. The number of rotatable bonds is 10. The van der Waals surface area contributed by atoms with Crippen LogP contribution in [0.3, 0.4) is 0 Å². The summed E-state index contributed by atoms with van der Waals surface area (Å²) in [6.45, 7) is 2.58. The second kappa shape index (κ2) is 11.0. The third-order valence-electron chi connectivity index (χ3n) is 4.87. The van der Waals surface area contributed by atoms with Crippen LogP contribution in [0.1, 0.15) is 37.5 Å².